The molecule has 0 saturated carbocycles. The monoisotopic (exact) mass is 325 g/mol. The molecular formula is C18H19N3O3. The van der Waals surface area contributed by atoms with Crippen LogP contribution in [0.2, 0.25) is 0 Å². The van der Waals surface area contributed by atoms with Gasteiger partial charge in [-0.2, -0.15) is 10.1 Å². The van der Waals surface area contributed by atoms with Crippen molar-refractivity contribution in [2.45, 2.75) is 6.04 Å². The zero-order chi connectivity index (χ0) is 16.7. The molecule has 2 aromatic carbocycles. The second-order valence-corrected chi connectivity index (χ2v) is 6.33. The zero-order valence-electron chi connectivity index (χ0n) is 13.7. The van der Waals surface area contributed by atoms with Crippen LogP contribution in [0.3, 0.4) is 0 Å². The third-order valence-electron chi connectivity index (χ3n) is 4.39. The molecule has 0 N–H and O–H groups in total. The van der Waals surface area contributed by atoms with Crippen molar-refractivity contribution in [3.8, 4) is 5.75 Å². The number of rotatable bonds is 1. The number of hydrogen-bond acceptors (Lipinski definition) is 3. The number of nitrogens with zero attached hydrogens (tertiary/aromatic N) is 3. The molecule has 2 aromatic rings. The zero-order valence-corrected chi connectivity index (χ0v) is 13.7. The van der Waals surface area contributed by atoms with Crippen LogP contribution in [0.1, 0.15) is 11.6 Å². The average Bonchev–Trinajstić information content (AvgIpc) is 3.03. The minimum Gasteiger partial charge on any atom is -0.493 e. The van der Waals surface area contributed by atoms with Crippen molar-refractivity contribution in [3.05, 3.63) is 42.0 Å². The molecule has 0 radical (unpaired) electrons. The highest BCUT2D eigenvalue weighted by atomic mass is 16.7. The predicted molar refractivity (Wildman–Crippen MR) is 91.0 cm³/mol. The lowest BCUT2D eigenvalue weighted by Gasteiger charge is -2.31. The van der Waals surface area contributed by atoms with E-state index >= 15 is 0 Å². The lowest BCUT2D eigenvalue weighted by Crippen LogP contribution is -2.34. The number of amides is 2. The summed E-state index contributed by atoms with van der Waals surface area (Å²) in [6, 6.07) is 11.6. The molecule has 2 amide bonds. The summed E-state index contributed by atoms with van der Waals surface area (Å²) in [6.07, 6.45) is 1.49. The van der Waals surface area contributed by atoms with E-state index in [0.29, 0.717) is 13.2 Å². The van der Waals surface area contributed by atoms with E-state index in [1.54, 1.807) is 4.90 Å². The molecule has 2 aliphatic heterocycles. The van der Waals surface area contributed by atoms with E-state index in [1.165, 1.54) is 11.4 Å². The largest absolute Gasteiger partial charge is 0.493 e. The van der Waals surface area contributed by atoms with Crippen LogP contribution < -0.4 is 4.74 Å². The first-order chi connectivity index (χ1) is 11.6. The maximum absolute atomic E-state index is 12.5. The molecule has 0 aromatic heterocycles. The van der Waals surface area contributed by atoms with Crippen molar-refractivity contribution in [2.24, 2.45) is 10.9 Å². The molecule has 6 nitrogen and oxygen atoms in total. The van der Waals surface area contributed by atoms with Crippen molar-refractivity contribution < 1.29 is 14.4 Å². The highest BCUT2D eigenvalue weighted by Gasteiger charge is 2.45. The highest BCUT2D eigenvalue weighted by molar-refractivity contribution is 5.90. The van der Waals surface area contributed by atoms with E-state index in [-0.39, 0.29) is 12.0 Å². The predicted octanol–water partition coefficient (Wildman–Crippen LogP) is 2.85. The summed E-state index contributed by atoms with van der Waals surface area (Å²) in [7, 11) is 3.64. The van der Waals surface area contributed by atoms with Crippen LogP contribution in [0.4, 0.5) is 4.79 Å². The first-order valence-electron chi connectivity index (χ1n) is 7.96. The molecule has 0 bridgehead atoms. The summed E-state index contributed by atoms with van der Waals surface area (Å²) in [6.45, 7) is 0.994. The van der Waals surface area contributed by atoms with Gasteiger partial charge in [0.15, 0.2) is 0 Å². The number of carbonyl (C=O) groups is 1. The molecule has 1 saturated heterocycles. The lowest BCUT2D eigenvalue weighted by molar-refractivity contribution is -0.0845. The number of fused-ring (bicyclic) bond motifs is 5. The Bertz CT molecular complexity index is 818. The van der Waals surface area contributed by atoms with Gasteiger partial charge in [0.2, 0.25) is 0 Å². The van der Waals surface area contributed by atoms with Gasteiger partial charge < -0.3 is 9.64 Å². The van der Waals surface area contributed by atoms with Crippen LogP contribution in [-0.4, -0.2) is 49.6 Å². The lowest BCUT2D eigenvalue weighted by atomic mass is 9.88. The maximum atomic E-state index is 12.5. The maximum Gasteiger partial charge on any atom is 0.369 e. The summed E-state index contributed by atoms with van der Waals surface area (Å²) in [5.41, 5.74) is 1.01. The molecule has 124 valence electrons. The SMILES string of the molecule is CN(C)C=NC(=O)N1OC[C@H]2COc3ccc4ccccc4c3[C@@H]21. The molecule has 1 fully saturated rings. The van der Waals surface area contributed by atoms with E-state index in [1.807, 2.05) is 38.4 Å². The Morgan fingerprint density at radius 3 is 2.92 bits per heavy atom. The van der Waals surface area contributed by atoms with Gasteiger partial charge in [0.1, 0.15) is 5.75 Å². The Labute approximate surface area is 140 Å². The highest BCUT2D eigenvalue weighted by Crippen LogP contribution is 2.46. The van der Waals surface area contributed by atoms with Crippen LogP contribution in [0.25, 0.3) is 10.8 Å². The quantitative estimate of drug-likeness (QED) is 0.598. The fourth-order valence-corrected chi connectivity index (χ4v) is 3.33. The number of ether oxygens (including phenoxy) is 1. The van der Waals surface area contributed by atoms with Gasteiger partial charge in [-0.25, -0.2) is 4.79 Å². The molecule has 4 rings (SSSR count). The molecule has 2 aliphatic rings. The number of urea groups is 1. The Kier molecular flexibility index (Phi) is 3.61. The minimum absolute atomic E-state index is 0.113. The van der Waals surface area contributed by atoms with Gasteiger partial charge in [0, 0.05) is 25.6 Å². The van der Waals surface area contributed by atoms with Crippen LogP contribution in [-0.2, 0) is 4.84 Å². The van der Waals surface area contributed by atoms with E-state index < -0.39 is 6.03 Å². The molecule has 24 heavy (non-hydrogen) atoms. The van der Waals surface area contributed by atoms with E-state index in [0.717, 1.165) is 22.1 Å². The van der Waals surface area contributed by atoms with Crippen molar-refractivity contribution in [2.75, 3.05) is 27.3 Å². The summed E-state index contributed by atoms with van der Waals surface area (Å²) in [5.74, 6) is 0.927. The van der Waals surface area contributed by atoms with Crippen LogP contribution in [0, 0.1) is 5.92 Å². The fourth-order valence-electron chi connectivity index (χ4n) is 3.33. The normalized spacial score (nSPS) is 22.3. The molecule has 0 spiro atoms. The van der Waals surface area contributed by atoms with Crippen molar-refractivity contribution in [3.63, 3.8) is 0 Å². The Hall–Kier alpha value is -2.60. The molecule has 2 atom stereocenters. The summed E-state index contributed by atoms with van der Waals surface area (Å²) in [4.78, 5) is 23.9. The van der Waals surface area contributed by atoms with Gasteiger partial charge in [-0.1, -0.05) is 30.3 Å². The van der Waals surface area contributed by atoms with Crippen molar-refractivity contribution in [1.29, 1.82) is 0 Å². The van der Waals surface area contributed by atoms with E-state index in [9.17, 15) is 4.79 Å². The first-order valence-corrected chi connectivity index (χ1v) is 7.96. The number of hydrogen-bond donors (Lipinski definition) is 0. The average molecular weight is 325 g/mol. The van der Waals surface area contributed by atoms with Gasteiger partial charge in [-0.15, -0.1) is 0 Å². The molecule has 2 heterocycles. The molecule has 6 heteroatoms. The Morgan fingerprint density at radius 1 is 1.25 bits per heavy atom. The summed E-state index contributed by atoms with van der Waals surface area (Å²) < 4.78 is 5.91. The van der Waals surface area contributed by atoms with Crippen molar-refractivity contribution >= 4 is 23.1 Å². The van der Waals surface area contributed by atoms with E-state index in [2.05, 4.69) is 17.1 Å². The first kappa shape index (κ1) is 15.0. The van der Waals surface area contributed by atoms with Gasteiger partial charge in [0.25, 0.3) is 0 Å². The van der Waals surface area contributed by atoms with Gasteiger partial charge in [0.05, 0.1) is 25.6 Å². The van der Waals surface area contributed by atoms with Gasteiger partial charge in [-0.05, 0) is 16.8 Å². The van der Waals surface area contributed by atoms with E-state index in [4.69, 9.17) is 9.57 Å². The second kappa shape index (κ2) is 5.79. The third kappa shape index (κ3) is 2.39. The van der Waals surface area contributed by atoms with Crippen LogP contribution in [0.5, 0.6) is 5.75 Å². The summed E-state index contributed by atoms with van der Waals surface area (Å²) in [5, 5.41) is 3.61. The number of carbonyl (C=O) groups excluding carboxylic acids is 1. The molecule has 0 unspecified atom stereocenters. The Morgan fingerprint density at radius 2 is 2.08 bits per heavy atom. The van der Waals surface area contributed by atoms with Gasteiger partial charge in [-0.3, -0.25) is 4.84 Å². The smallest absolute Gasteiger partial charge is 0.369 e. The number of aliphatic imine (C=N–C) groups is 1. The third-order valence-corrected chi connectivity index (χ3v) is 4.39. The fraction of sp³-hybridized carbons (Fsp3) is 0.333. The molecular weight excluding hydrogens is 306 g/mol. The summed E-state index contributed by atoms with van der Waals surface area (Å²) >= 11 is 0. The second-order valence-electron chi connectivity index (χ2n) is 6.33. The number of benzene rings is 2. The number of hydroxylamine groups is 2. The Balaban J connectivity index is 1.79. The molecule has 0 aliphatic carbocycles. The minimum atomic E-state index is -0.392. The van der Waals surface area contributed by atoms with Crippen molar-refractivity contribution in [1.82, 2.24) is 9.96 Å². The van der Waals surface area contributed by atoms with Crippen LogP contribution >= 0.6 is 0 Å². The standard InChI is InChI=1S/C18H19N3O3/c1-20(2)11-19-18(22)21-17-13(10-24-21)9-23-15-8-7-12-5-3-4-6-14(12)16(15)17/h3-8,11,13,17H,9-10H2,1-2H3/t13-,17-/m1/s1. The van der Waals surface area contributed by atoms with Crippen LogP contribution in [0.15, 0.2) is 41.4 Å². The topological polar surface area (TPSA) is 54.4 Å². The van der Waals surface area contributed by atoms with Gasteiger partial charge >= 0.3 is 6.03 Å².